The van der Waals surface area contributed by atoms with Gasteiger partial charge in [0.2, 0.25) is 0 Å². The Morgan fingerprint density at radius 2 is 1.94 bits per heavy atom. The standard InChI is InChI=1S/C12H18N4O/c13-9-4-5-10(12(14)17)11(8-9)15-16-6-2-1-3-7-16/h4-5,8,15H,1-3,6-7,13H2,(H2,14,17). The van der Waals surface area contributed by atoms with Gasteiger partial charge in [-0.2, -0.15) is 0 Å². The molecule has 5 heteroatoms. The van der Waals surface area contributed by atoms with Crippen molar-refractivity contribution in [2.75, 3.05) is 24.2 Å². The van der Waals surface area contributed by atoms with Crippen LogP contribution >= 0.6 is 0 Å². The average Bonchev–Trinajstić information content (AvgIpc) is 2.30. The molecule has 5 nitrogen and oxygen atoms in total. The summed E-state index contributed by atoms with van der Waals surface area (Å²) >= 11 is 0. The minimum atomic E-state index is -0.440. The van der Waals surface area contributed by atoms with Crippen LogP contribution in [-0.4, -0.2) is 24.0 Å². The molecule has 5 N–H and O–H groups in total. The number of carbonyl (C=O) groups is 1. The van der Waals surface area contributed by atoms with Crippen LogP contribution in [0.5, 0.6) is 0 Å². The topological polar surface area (TPSA) is 84.4 Å². The van der Waals surface area contributed by atoms with Crippen molar-refractivity contribution in [3.05, 3.63) is 23.8 Å². The van der Waals surface area contributed by atoms with E-state index >= 15 is 0 Å². The summed E-state index contributed by atoms with van der Waals surface area (Å²) in [5.74, 6) is -0.440. The SMILES string of the molecule is NC(=O)c1ccc(N)cc1NN1CCCCC1. The van der Waals surface area contributed by atoms with Crippen molar-refractivity contribution < 1.29 is 4.79 Å². The fourth-order valence-electron chi connectivity index (χ4n) is 2.05. The van der Waals surface area contributed by atoms with Crippen LogP contribution in [0.4, 0.5) is 11.4 Å². The zero-order valence-electron chi connectivity index (χ0n) is 9.78. The van der Waals surface area contributed by atoms with Gasteiger partial charge in [-0.05, 0) is 31.0 Å². The zero-order chi connectivity index (χ0) is 12.3. The lowest BCUT2D eigenvalue weighted by Crippen LogP contribution is -2.35. The first-order valence-corrected chi connectivity index (χ1v) is 5.88. The molecule has 1 aliphatic rings. The highest BCUT2D eigenvalue weighted by atomic mass is 16.1. The lowest BCUT2D eigenvalue weighted by molar-refractivity contribution is 0.100. The minimum absolute atomic E-state index is 0.440. The third-order valence-corrected chi connectivity index (χ3v) is 2.94. The second-order valence-corrected chi connectivity index (χ2v) is 4.33. The molecule has 1 fully saturated rings. The number of primary amides is 1. The smallest absolute Gasteiger partial charge is 0.250 e. The number of hydrogen-bond acceptors (Lipinski definition) is 4. The summed E-state index contributed by atoms with van der Waals surface area (Å²) in [6.45, 7) is 1.96. The molecule has 17 heavy (non-hydrogen) atoms. The number of anilines is 2. The second kappa shape index (κ2) is 5.05. The van der Waals surface area contributed by atoms with E-state index in [1.54, 1.807) is 18.2 Å². The molecular weight excluding hydrogens is 216 g/mol. The van der Waals surface area contributed by atoms with Crippen LogP contribution in [0, 0.1) is 0 Å². The van der Waals surface area contributed by atoms with Gasteiger partial charge >= 0.3 is 0 Å². The van der Waals surface area contributed by atoms with E-state index in [4.69, 9.17) is 11.5 Å². The van der Waals surface area contributed by atoms with Crippen LogP contribution in [0.15, 0.2) is 18.2 Å². The van der Waals surface area contributed by atoms with E-state index in [9.17, 15) is 4.79 Å². The highest BCUT2D eigenvalue weighted by Crippen LogP contribution is 2.20. The Morgan fingerprint density at radius 3 is 2.59 bits per heavy atom. The predicted octanol–water partition coefficient (Wildman–Crippen LogP) is 1.18. The molecule has 2 rings (SSSR count). The summed E-state index contributed by atoms with van der Waals surface area (Å²) in [4.78, 5) is 11.3. The number of hydrazine groups is 1. The molecule has 1 saturated heterocycles. The maximum Gasteiger partial charge on any atom is 0.250 e. The third kappa shape index (κ3) is 2.88. The summed E-state index contributed by atoms with van der Waals surface area (Å²) < 4.78 is 0. The first-order valence-electron chi connectivity index (χ1n) is 5.88. The van der Waals surface area contributed by atoms with Crippen molar-refractivity contribution in [1.82, 2.24) is 5.01 Å². The van der Waals surface area contributed by atoms with Gasteiger partial charge in [0.25, 0.3) is 5.91 Å². The molecule has 1 amide bonds. The fourth-order valence-corrected chi connectivity index (χ4v) is 2.05. The Kier molecular flexibility index (Phi) is 3.49. The number of nitrogens with two attached hydrogens (primary N) is 2. The fraction of sp³-hybridized carbons (Fsp3) is 0.417. The number of piperidine rings is 1. The van der Waals surface area contributed by atoms with Gasteiger partial charge in [-0.15, -0.1) is 0 Å². The molecule has 1 heterocycles. The van der Waals surface area contributed by atoms with Gasteiger partial charge in [-0.3, -0.25) is 4.79 Å². The van der Waals surface area contributed by atoms with Crippen LogP contribution in [0.25, 0.3) is 0 Å². The summed E-state index contributed by atoms with van der Waals surface area (Å²) in [6.07, 6.45) is 3.60. The van der Waals surface area contributed by atoms with Crippen LogP contribution in [0.1, 0.15) is 29.6 Å². The number of amides is 1. The highest BCUT2D eigenvalue weighted by Gasteiger charge is 2.13. The molecular formula is C12H18N4O. The monoisotopic (exact) mass is 234 g/mol. The van der Waals surface area contributed by atoms with E-state index in [-0.39, 0.29) is 0 Å². The largest absolute Gasteiger partial charge is 0.399 e. The minimum Gasteiger partial charge on any atom is -0.399 e. The zero-order valence-corrected chi connectivity index (χ0v) is 9.78. The van der Waals surface area contributed by atoms with Gasteiger partial charge in [0.05, 0.1) is 11.3 Å². The Balaban J connectivity index is 2.17. The molecule has 0 aromatic heterocycles. The number of rotatable bonds is 3. The van der Waals surface area contributed by atoms with E-state index in [1.807, 2.05) is 0 Å². The Morgan fingerprint density at radius 1 is 1.24 bits per heavy atom. The maximum atomic E-state index is 11.3. The molecule has 92 valence electrons. The van der Waals surface area contributed by atoms with Gasteiger partial charge in [-0.1, -0.05) is 6.42 Å². The van der Waals surface area contributed by atoms with Crippen molar-refractivity contribution in [2.24, 2.45) is 5.73 Å². The molecule has 0 unspecified atom stereocenters. The molecule has 1 aromatic carbocycles. The number of nitrogen functional groups attached to an aromatic ring is 1. The molecule has 0 saturated carbocycles. The Hall–Kier alpha value is -1.75. The molecule has 0 spiro atoms. The van der Waals surface area contributed by atoms with Crippen molar-refractivity contribution in [1.29, 1.82) is 0 Å². The van der Waals surface area contributed by atoms with Crippen molar-refractivity contribution in [2.45, 2.75) is 19.3 Å². The summed E-state index contributed by atoms with van der Waals surface area (Å²) in [6, 6.07) is 5.08. The summed E-state index contributed by atoms with van der Waals surface area (Å²) in [5, 5.41) is 2.10. The van der Waals surface area contributed by atoms with Gasteiger partial charge in [0.15, 0.2) is 0 Å². The van der Waals surface area contributed by atoms with Gasteiger partial charge < -0.3 is 16.9 Å². The van der Waals surface area contributed by atoms with Crippen LogP contribution in [0.2, 0.25) is 0 Å². The van der Waals surface area contributed by atoms with E-state index in [0.717, 1.165) is 13.1 Å². The highest BCUT2D eigenvalue weighted by molar-refractivity contribution is 5.99. The first-order chi connectivity index (χ1) is 8.16. The van der Waals surface area contributed by atoms with Crippen molar-refractivity contribution in [3.8, 4) is 0 Å². The van der Waals surface area contributed by atoms with E-state index < -0.39 is 5.91 Å². The number of benzene rings is 1. The number of carbonyl (C=O) groups excluding carboxylic acids is 1. The van der Waals surface area contributed by atoms with Crippen LogP contribution < -0.4 is 16.9 Å². The van der Waals surface area contributed by atoms with E-state index in [1.165, 1.54) is 19.3 Å². The van der Waals surface area contributed by atoms with Gasteiger partial charge in [-0.25, -0.2) is 5.01 Å². The predicted molar refractivity (Wildman–Crippen MR) is 68.4 cm³/mol. The lowest BCUT2D eigenvalue weighted by atomic mass is 10.1. The lowest BCUT2D eigenvalue weighted by Gasteiger charge is -2.28. The number of hydrogen-bond donors (Lipinski definition) is 3. The van der Waals surface area contributed by atoms with E-state index in [0.29, 0.717) is 16.9 Å². The van der Waals surface area contributed by atoms with Crippen molar-refractivity contribution >= 4 is 17.3 Å². The molecule has 0 aliphatic carbocycles. The second-order valence-electron chi connectivity index (χ2n) is 4.33. The molecule has 0 radical (unpaired) electrons. The van der Waals surface area contributed by atoms with Crippen molar-refractivity contribution in [3.63, 3.8) is 0 Å². The third-order valence-electron chi connectivity index (χ3n) is 2.94. The quantitative estimate of drug-likeness (QED) is 0.686. The molecule has 0 bridgehead atoms. The number of nitrogens with zero attached hydrogens (tertiary/aromatic N) is 1. The first kappa shape index (κ1) is 11.7. The van der Waals surface area contributed by atoms with E-state index in [2.05, 4.69) is 10.4 Å². The van der Waals surface area contributed by atoms with Gasteiger partial charge in [0.1, 0.15) is 0 Å². The normalized spacial score (nSPS) is 16.7. The Bertz CT molecular complexity index is 413. The van der Waals surface area contributed by atoms with Gasteiger partial charge in [0, 0.05) is 18.8 Å². The average molecular weight is 234 g/mol. The van der Waals surface area contributed by atoms with Crippen LogP contribution in [0.3, 0.4) is 0 Å². The number of nitrogens with one attached hydrogen (secondary N) is 1. The molecule has 0 atom stereocenters. The van der Waals surface area contributed by atoms with Crippen LogP contribution in [-0.2, 0) is 0 Å². The Labute approximate surface area is 101 Å². The molecule has 1 aromatic rings. The summed E-state index contributed by atoms with van der Waals surface area (Å²) in [5.41, 5.74) is 16.1. The molecule has 1 aliphatic heterocycles. The maximum absolute atomic E-state index is 11.3. The summed E-state index contributed by atoms with van der Waals surface area (Å²) in [7, 11) is 0.